The summed E-state index contributed by atoms with van der Waals surface area (Å²) < 4.78 is 16.6. The van der Waals surface area contributed by atoms with Crippen LogP contribution in [-0.4, -0.2) is 48.8 Å². The fourth-order valence-corrected chi connectivity index (χ4v) is 4.08. The molecule has 2 aromatic rings. The fourth-order valence-electron chi connectivity index (χ4n) is 4.08. The van der Waals surface area contributed by atoms with Gasteiger partial charge in [0, 0.05) is 5.41 Å². The van der Waals surface area contributed by atoms with Gasteiger partial charge in [-0.3, -0.25) is 4.79 Å². The summed E-state index contributed by atoms with van der Waals surface area (Å²) in [6, 6.07) is 13.0. The second-order valence-electron chi connectivity index (χ2n) is 10.6. The van der Waals surface area contributed by atoms with Gasteiger partial charge in [0.2, 0.25) is 5.91 Å². The lowest BCUT2D eigenvalue weighted by molar-refractivity contribution is -0.173. The third kappa shape index (κ3) is 6.69. The van der Waals surface area contributed by atoms with Gasteiger partial charge in [0.05, 0.1) is 19.1 Å². The van der Waals surface area contributed by atoms with Crippen molar-refractivity contribution in [2.45, 2.75) is 58.8 Å². The topological polar surface area (TPSA) is 90.9 Å². The Bertz CT molecular complexity index is 1100. The zero-order chi connectivity index (χ0) is 25.8. The predicted octanol–water partition coefficient (Wildman–Crippen LogP) is 3.98. The lowest BCUT2D eigenvalue weighted by Crippen LogP contribution is -2.52. The molecule has 7 nitrogen and oxygen atoms in total. The van der Waals surface area contributed by atoms with Gasteiger partial charge in [-0.1, -0.05) is 62.4 Å². The minimum Gasteiger partial charge on any atom is -0.463 e. The molecule has 1 aliphatic heterocycles. The largest absolute Gasteiger partial charge is 0.463 e. The quantitative estimate of drug-likeness (QED) is 0.430. The highest BCUT2D eigenvalue weighted by Crippen LogP contribution is 2.30. The first-order chi connectivity index (χ1) is 16.4. The molecule has 0 aliphatic carbocycles. The van der Waals surface area contributed by atoms with Crippen LogP contribution in [0.5, 0.6) is 0 Å². The van der Waals surface area contributed by atoms with Crippen molar-refractivity contribution < 1.29 is 28.6 Å². The smallest absolute Gasteiger partial charge is 0.336 e. The lowest BCUT2D eigenvalue weighted by Gasteiger charge is -2.30. The van der Waals surface area contributed by atoms with Crippen LogP contribution in [0.3, 0.4) is 0 Å². The first kappa shape index (κ1) is 26.4. The highest BCUT2D eigenvalue weighted by Gasteiger charge is 2.46. The predicted molar refractivity (Wildman–Crippen MR) is 134 cm³/mol. The van der Waals surface area contributed by atoms with E-state index in [1.807, 2.05) is 56.3 Å². The van der Waals surface area contributed by atoms with Gasteiger partial charge in [0.1, 0.15) is 11.6 Å². The number of rotatable bonds is 9. The van der Waals surface area contributed by atoms with Crippen LogP contribution in [0.25, 0.3) is 10.8 Å². The van der Waals surface area contributed by atoms with Gasteiger partial charge in [-0.05, 0) is 43.5 Å². The molecular formula is C28H35NO6. The van der Waals surface area contributed by atoms with E-state index in [1.54, 1.807) is 20.8 Å². The van der Waals surface area contributed by atoms with E-state index in [1.165, 1.54) is 6.08 Å². The number of carbonyl (C=O) groups excluding carboxylic acids is 3. The molecule has 1 amide bonds. The standard InChI is InChI=1S/C28H35NO6/c1-7-14-33-22(25(31)35-27(2,3)4)21(24(30)29-23-26(32)34-17-28(23,5)6)16-18-12-13-19-10-8-9-11-20(19)15-18/h7-13,15,21-23H,1,14,16-17H2,2-6H3,(H,29,30)/t21-,22+,23-/m1/s1. The molecule has 1 N–H and O–H groups in total. The van der Waals surface area contributed by atoms with Crippen LogP contribution in [0.4, 0.5) is 0 Å². The molecule has 188 valence electrons. The molecule has 35 heavy (non-hydrogen) atoms. The van der Waals surface area contributed by atoms with Crippen molar-refractivity contribution in [2.24, 2.45) is 11.3 Å². The number of cyclic esters (lactones) is 1. The van der Waals surface area contributed by atoms with Crippen molar-refractivity contribution in [3.05, 3.63) is 60.7 Å². The summed E-state index contributed by atoms with van der Waals surface area (Å²) in [6.07, 6.45) is 0.527. The Morgan fingerprint density at radius 3 is 2.49 bits per heavy atom. The summed E-state index contributed by atoms with van der Waals surface area (Å²) in [5, 5.41) is 4.91. The molecule has 0 radical (unpaired) electrons. The number of benzene rings is 2. The van der Waals surface area contributed by atoms with E-state index in [-0.39, 0.29) is 19.6 Å². The summed E-state index contributed by atoms with van der Waals surface area (Å²) in [7, 11) is 0. The molecule has 0 aromatic heterocycles. The zero-order valence-corrected chi connectivity index (χ0v) is 21.1. The second kappa shape index (κ2) is 10.6. The summed E-state index contributed by atoms with van der Waals surface area (Å²) in [6.45, 7) is 12.9. The maximum absolute atomic E-state index is 13.6. The number of fused-ring (bicyclic) bond motifs is 1. The summed E-state index contributed by atoms with van der Waals surface area (Å²) in [5.41, 5.74) is -0.495. The maximum Gasteiger partial charge on any atom is 0.336 e. The number of carbonyl (C=O) groups is 3. The summed E-state index contributed by atoms with van der Waals surface area (Å²) in [5.74, 6) is -2.56. The van der Waals surface area contributed by atoms with Crippen LogP contribution in [0.15, 0.2) is 55.1 Å². The highest BCUT2D eigenvalue weighted by atomic mass is 16.6. The first-order valence-electron chi connectivity index (χ1n) is 11.8. The van der Waals surface area contributed by atoms with Gasteiger partial charge in [-0.25, -0.2) is 9.59 Å². The first-order valence-corrected chi connectivity index (χ1v) is 11.8. The van der Waals surface area contributed by atoms with Gasteiger partial charge in [-0.2, -0.15) is 0 Å². The van der Waals surface area contributed by atoms with Crippen molar-refractivity contribution in [3.8, 4) is 0 Å². The molecule has 1 fully saturated rings. The third-order valence-corrected chi connectivity index (χ3v) is 5.89. The maximum atomic E-state index is 13.6. The average Bonchev–Trinajstić information content (AvgIpc) is 3.04. The Morgan fingerprint density at radius 2 is 1.89 bits per heavy atom. The fraction of sp³-hybridized carbons (Fsp3) is 0.464. The molecule has 1 aliphatic rings. The van der Waals surface area contributed by atoms with E-state index in [0.29, 0.717) is 0 Å². The number of ether oxygens (including phenoxy) is 3. The van der Waals surface area contributed by atoms with Crippen molar-refractivity contribution in [1.82, 2.24) is 5.32 Å². The minimum absolute atomic E-state index is 0.0579. The van der Waals surface area contributed by atoms with Gasteiger partial charge >= 0.3 is 11.9 Å². The van der Waals surface area contributed by atoms with E-state index < -0.39 is 46.9 Å². The SMILES string of the molecule is C=CCO[C@H](C(=O)OC(C)(C)C)[C@@H](Cc1ccc2ccccc2c1)C(=O)N[C@@H]1C(=O)OCC1(C)C. The Balaban J connectivity index is 1.97. The number of nitrogens with one attached hydrogen (secondary N) is 1. The molecule has 7 heteroatoms. The highest BCUT2D eigenvalue weighted by molar-refractivity contribution is 5.91. The monoisotopic (exact) mass is 481 g/mol. The normalized spacial score (nSPS) is 19.0. The zero-order valence-electron chi connectivity index (χ0n) is 21.1. The Morgan fingerprint density at radius 1 is 1.20 bits per heavy atom. The molecular weight excluding hydrogens is 446 g/mol. The molecule has 1 saturated heterocycles. The lowest BCUT2D eigenvalue weighted by atomic mass is 9.86. The van der Waals surface area contributed by atoms with E-state index in [2.05, 4.69) is 11.9 Å². The van der Waals surface area contributed by atoms with Gasteiger partial charge < -0.3 is 19.5 Å². The Hall–Kier alpha value is -3.19. The molecule has 0 saturated carbocycles. The summed E-state index contributed by atoms with van der Waals surface area (Å²) in [4.78, 5) is 39.2. The third-order valence-electron chi connectivity index (χ3n) is 5.89. The minimum atomic E-state index is -1.20. The van der Waals surface area contributed by atoms with Crippen LogP contribution in [-0.2, 0) is 35.0 Å². The second-order valence-corrected chi connectivity index (χ2v) is 10.6. The molecule has 0 spiro atoms. The molecule has 0 unspecified atom stereocenters. The Labute approximate surface area is 206 Å². The van der Waals surface area contributed by atoms with Crippen LogP contribution in [0.1, 0.15) is 40.2 Å². The van der Waals surface area contributed by atoms with Gasteiger partial charge in [0.15, 0.2) is 6.10 Å². The van der Waals surface area contributed by atoms with Crippen molar-refractivity contribution >= 4 is 28.6 Å². The van der Waals surface area contributed by atoms with Crippen molar-refractivity contribution in [2.75, 3.05) is 13.2 Å². The molecule has 3 rings (SSSR count). The van der Waals surface area contributed by atoms with Gasteiger partial charge in [0.25, 0.3) is 0 Å². The van der Waals surface area contributed by atoms with Crippen molar-refractivity contribution in [1.29, 1.82) is 0 Å². The molecule has 3 atom stereocenters. The number of esters is 2. The van der Waals surface area contributed by atoms with Crippen LogP contribution < -0.4 is 5.32 Å². The van der Waals surface area contributed by atoms with Crippen LogP contribution >= 0.6 is 0 Å². The van der Waals surface area contributed by atoms with E-state index >= 15 is 0 Å². The van der Waals surface area contributed by atoms with Crippen LogP contribution in [0.2, 0.25) is 0 Å². The number of amides is 1. The Kier molecular flexibility index (Phi) is 8.00. The average molecular weight is 482 g/mol. The molecule has 2 aromatic carbocycles. The number of hydrogen-bond acceptors (Lipinski definition) is 6. The van der Waals surface area contributed by atoms with E-state index in [4.69, 9.17) is 14.2 Å². The van der Waals surface area contributed by atoms with E-state index in [0.717, 1.165) is 16.3 Å². The molecule has 0 bridgehead atoms. The van der Waals surface area contributed by atoms with Crippen LogP contribution in [0, 0.1) is 11.3 Å². The van der Waals surface area contributed by atoms with Gasteiger partial charge in [-0.15, -0.1) is 6.58 Å². The van der Waals surface area contributed by atoms with Crippen molar-refractivity contribution in [3.63, 3.8) is 0 Å². The number of hydrogen-bond donors (Lipinski definition) is 1. The molecule has 1 heterocycles. The van der Waals surface area contributed by atoms with E-state index in [9.17, 15) is 14.4 Å². The summed E-state index contributed by atoms with van der Waals surface area (Å²) >= 11 is 0.